The largest absolute Gasteiger partial charge is 0.329 e. The Morgan fingerprint density at radius 2 is 2.00 bits per heavy atom. The predicted octanol–water partition coefficient (Wildman–Crippen LogP) is 2.14. The lowest BCUT2D eigenvalue weighted by atomic mass is 9.89. The Kier molecular flexibility index (Phi) is 5.49. The molecule has 0 aromatic rings. The molecule has 0 bridgehead atoms. The molecular formula is C12H26N2. The van der Waals surface area contributed by atoms with Gasteiger partial charge in [-0.1, -0.05) is 26.7 Å². The van der Waals surface area contributed by atoms with Crippen LogP contribution in [-0.2, 0) is 0 Å². The van der Waals surface area contributed by atoms with Crippen molar-refractivity contribution in [3.8, 4) is 0 Å². The van der Waals surface area contributed by atoms with Crippen LogP contribution in [0.4, 0.5) is 0 Å². The van der Waals surface area contributed by atoms with E-state index < -0.39 is 0 Å². The molecule has 0 aromatic heterocycles. The summed E-state index contributed by atoms with van der Waals surface area (Å²) in [5.41, 5.74) is 5.50. The maximum absolute atomic E-state index is 5.50. The van der Waals surface area contributed by atoms with E-state index in [4.69, 9.17) is 5.73 Å². The molecule has 1 fully saturated rings. The van der Waals surface area contributed by atoms with Crippen LogP contribution < -0.4 is 11.1 Å². The molecule has 0 aromatic carbocycles. The Morgan fingerprint density at radius 1 is 1.21 bits per heavy atom. The van der Waals surface area contributed by atoms with E-state index in [9.17, 15) is 0 Å². The molecule has 0 spiro atoms. The van der Waals surface area contributed by atoms with Gasteiger partial charge < -0.3 is 11.1 Å². The summed E-state index contributed by atoms with van der Waals surface area (Å²) in [6, 6.07) is 0.738. The van der Waals surface area contributed by atoms with Gasteiger partial charge in [0.25, 0.3) is 0 Å². The second kappa shape index (κ2) is 6.41. The van der Waals surface area contributed by atoms with Crippen LogP contribution in [0.25, 0.3) is 0 Å². The topological polar surface area (TPSA) is 38.0 Å². The van der Waals surface area contributed by atoms with Gasteiger partial charge in [-0.15, -0.1) is 0 Å². The average Bonchev–Trinajstić information content (AvgIpc) is 2.39. The number of nitrogens with two attached hydrogens (primary N) is 1. The number of hydrogen-bond acceptors (Lipinski definition) is 2. The highest BCUT2D eigenvalue weighted by molar-refractivity contribution is 4.76. The minimum atomic E-state index is 0.738. The minimum Gasteiger partial charge on any atom is -0.329 e. The molecule has 2 atom stereocenters. The van der Waals surface area contributed by atoms with E-state index in [0.29, 0.717) is 0 Å². The number of nitrogens with one attached hydrogen (secondary N) is 1. The van der Waals surface area contributed by atoms with Crippen molar-refractivity contribution >= 4 is 0 Å². The molecule has 1 saturated carbocycles. The van der Waals surface area contributed by atoms with Crippen molar-refractivity contribution in [2.75, 3.05) is 13.1 Å². The smallest absolute Gasteiger partial charge is 0.00770 e. The van der Waals surface area contributed by atoms with Gasteiger partial charge in [0, 0.05) is 19.1 Å². The molecule has 0 saturated heterocycles. The molecule has 1 rings (SSSR count). The molecule has 0 heterocycles. The lowest BCUT2D eigenvalue weighted by molar-refractivity contribution is 0.338. The second-order valence-electron chi connectivity index (χ2n) is 4.95. The molecule has 1 aliphatic carbocycles. The lowest BCUT2D eigenvalue weighted by Crippen LogP contribution is -2.32. The summed E-state index contributed by atoms with van der Waals surface area (Å²) in [6.07, 6.45) is 6.93. The molecule has 2 heteroatoms. The summed E-state index contributed by atoms with van der Waals surface area (Å²) in [5, 5.41) is 3.55. The third-order valence-corrected chi connectivity index (χ3v) is 3.53. The Bertz CT molecular complexity index is 145. The van der Waals surface area contributed by atoms with E-state index in [1.54, 1.807) is 0 Å². The van der Waals surface area contributed by atoms with Gasteiger partial charge in [0.05, 0.1) is 0 Å². The van der Waals surface area contributed by atoms with Gasteiger partial charge in [-0.25, -0.2) is 0 Å². The van der Waals surface area contributed by atoms with E-state index in [2.05, 4.69) is 19.2 Å². The van der Waals surface area contributed by atoms with Crippen LogP contribution in [-0.4, -0.2) is 19.1 Å². The van der Waals surface area contributed by atoms with Crippen LogP contribution in [0.15, 0.2) is 0 Å². The van der Waals surface area contributed by atoms with Crippen LogP contribution in [0.5, 0.6) is 0 Å². The highest BCUT2D eigenvalue weighted by Crippen LogP contribution is 2.28. The fourth-order valence-corrected chi connectivity index (χ4v) is 2.49. The van der Waals surface area contributed by atoms with Crippen molar-refractivity contribution in [2.45, 2.75) is 52.0 Å². The maximum atomic E-state index is 5.50. The Hall–Kier alpha value is -0.0800. The lowest BCUT2D eigenvalue weighted by Gasteiger charge is -2.18. The Balaban J connectivity index is 2.26. The predicted molar refractivity (Wildman–Crippen MR) is 62.3 cm³/mol. The summed E-state index contributed by atoms with van der Waals surface area (Å²) in [5.74, 6) is 1.82. The van der Waals surface area contributed by atoms with Crippen LogP contribution >= 0.6 is 0 Å². The van der Waals surface area contributed by atoms with Gasteiger partial charge >= 0.3 is 0 Å². The molecule has 0 amide bonds. The van der Waals surface area contributed by atoms with Crippen molar-refractivity contribution < 1.29 is 0 Å². The maximum Gasteiger partial charge on any atom is 0.00770 e. The van der Waals surface area contributed by atoms with Crippen molar-refractivity contribution in [3.63, 3.8) is 0 Å². The molecular weight excluding hydrogens is 172 g/mol. The third-order valence-electron chi connectivity index (χ3n) is 3.53. The monoisotopic (exact) mass is 198 g/mol. The average molecular weight is 198 g/mol. The first-order valence-corrected chi connectivity index (χ1v) is 6.17. The van der Waals surface area contributed by atoms with Crippen LogP contribution in [0.2, 0.25) is 0 Å². The Morgan fingerprint density at radius 3 is 2.64 bits per heavy atom. The highest BCUT2D eigenvalue weighted by atomic mass is 14.9. The van der Waals surface area contributed by atoms with Crippen LogP contribution in [0, 0.1) is 11.8 Å². The zero-order chi connectivity index (χ0) is 10.4. The third kappa shape index (κ3) is 3.97. The minimum absolute atomic E-state index is 0.738. The standard InChI is InChI=1S/C12H26N2/c1-10(2)11-4-3-5-12(7-6-11)14-9-8-13/h10-12,14H,3-9,13H2,1-2H3. The highest BCUT2D eigenvalue weighted by Gasteiger charge is 2.20. The van der Waals surface area contributed by atoms with E-state index in [1.807, 2.05) is 0 Å². The van der Waals surface area contributed by atoms with Gasteiger partial charge in [-0.2, -0.15) is 0 Å². The zero-order valence-corrected chi connectivity index (χ0v) is 9.76. The van der Waals surface area contributed by atoms with Gasteiger partial charge in [0.15, 0.2) is 0 Å². The molecule has 2 unspecified atom stereocenters. The first kappa shape index (κ1) is 12.0. The molecule has 84 valence electrons. The molecule has 14 heavy (non-hydrogen) atoms. The number of hydrogen-bond donors (Lipinski definition) is 2. The molecule has 0 radical (unpaired) electrons. The molecule has 0 aliphatic heterocycles. The van der Waals surface area contributed by atoms with Crippen molar-refractivity contribution in [1.82, 2.24) is 5.32 Å². The van der Waals surface area contributed by atoms with E-state index >= 15 is 0 Å². The SMILES string of the molecule is CC(C)C1CCCC(NCCN)CC1. The summed E-state index contributed by atoms with van der Waals surface area (Å²) in [4.78, 5) is 0. The van der Waals surface area contributed by atoms with Crippen molar-refractivity contribution in [3.05, 3.63) is 0 Å². The molecule has 1 aliphatic rings. The Labute approximate surface area is 88.6 Å². The van der Waals surface area contributed by atoms with Gasteiger partial charge in [0.2, 0.25) is 0 Å². The van der Waals surface area contributed by atoms with E-state index in [0.717, 1.165) is 31.0 Å². The normalized spacial score (nSPS) is 29.1. The number of rotatable bonds is 4. The van der Waals surface area contributed by atoms with E-state index in [1.165, 1.54) is 32.1 Å². The second-order valence-corrected chi connectivity index (χ2v) is 4.95. The van der Waals surface area contributed by atoms with Crippen LogP contribution in [0.1, 0.15) is 46.0 Å². The fraction of sp³-hybridized carbons (Fsp3) is 1.00. The van der Waals surface area contributed by atoms with E-state index in [-0.39, 0.29) is 0 Å². The van der Waals surface area contributed by atoms with Gasteiger partial charge in [0.1, 0.15) is 0 Å². The van der Waals surface area contributed by atoms with Gasteiger partial charge in [-0.05, 0) is 31.1 Å². The molecule has 2 nitrogen and oxygen atoms in total. The molecule has 3 N–H and O–H groups in total. The first-order valence-electron chi connectivity index (χ1n) is 6.17. The fourth-order valence-electron chi connectivity index (χ4n) is 2.49. The summed E-state index contributed by atoms with van der Waals surface area (Å²) in [7, 11) is 0. The van der Waals surface area contributed by atoms with Crippen LogP contribution in [0.3, 0.4) is 0 Å². The van der Waals surface area contributed by atoms with Crippen molar-refractivity contribution in [1.29, 1.82) is 0 Å². The zero-order valence-electron chi connectivity index (χ0n) is 9.76. The summed E-state index contributed by atoms with van der Waals surface area (Å²) >= 11 is 0. The quantitative estimate of drug-likeness (QED) is 0.679. The van der Waals surface area contributed by atoms with Gasteiger partial charge in [-0.3, -0.25) is 0 Å². The first-order chi connectivity index (χ1) is 6.74. The summed E-state index contributed by atoms with van der Waals surface area (Å²) < 4.78 is 0. The summed E-state index contributed by atoms with van der Waals surface area (Å²) in [6.45, 7) is 6.47. The van der Waals surface area contributed by atoms with Crippen molar-refractivity contribution in [2.24, 2.45) is 17.6 Å².